The van der Waals surface area contributed by atoms with E-state index < -0.39 is 0 Å². The zero-order chi connectivity index (χ0) is 15.8. The van der Waals surface area contributed by atoms with Crippen LogP contribution in [0.5, 0.6) is 0 Å². The minimum atomic E-state index is 0.454. The number of hydrogen-bond donors (Lipinski definition) is 1. The molecule has 0 aromatic heterocycles. The predicted octanol–water partition coefficient (Wildman–Crippen LogP) is 5.01. The molecule has 2 atom stereocenters. The van der Waals surface area contributed by atoms with E-state index in [2.05, 4.69) is 76.1 Å². The van der Waals surface area contributed by atoms with E-state index in [-0.39, 0.29) is 0 Å². The molecule has 1 aromatic rings. The van der Waals surface area contributed by atoms with Gasteiger partial charge in [0.1, 0.15) is 0 Å². The van der Waals surface area contributed by atoms with Gasteiger partial charge in [0.15, 0.2) is 0 Å². The Morgan fingerprint density at radius 2 is 1.76 bits per heavy atom. The zero-order valence-electron chi connectivity index (χ0n) is 14.8. The highest BCUT2D eigenvalue weighted by Gasteiger charge is 2.18. The molecule has 0 aliphatic heterocycles. The lowest BCUT2D eigenvalue weighted by Crippen LogP contribution is -2.32. The number of nitrogens with one attached hydrogen (secondary N) is 1. The highest BCUT2D eigenvalue weighted by Crippen LogP contribution is 2.29. The normalized spacial score (nSPS) is 14.2. The van der Waals surface area contributed by atoms with Gasteiger partial charge in [0.2, 0.25) is 0 Å². The van der Waals surface area contributed by atoms with Gasteiger partial charge in [0.25, 0.3) is 0 Å². The van der Waals surface area contributed by atoms with Gasteiger partial charge in [-0.1, -0.05) is 45.9 Å². The molecule has 1 aromatic carbocycles. The van der Waals surface area contributed by atoms with Crippen LogP contribution in [0.3, 0.4) is 0 Å². The van der Waals surface area contributed by atoms with Crippen molar-refractivity contribution in [1.82, 2.24) is 5.32 Å². The molecule has 0 radical (unpaired) electrons. The van der Waals surface area contributed by atoms with Crippen LogP contribution in [-0.4, -0.2) is 19.6 Å². The number of hydrogen-bond acceptors (Lipinski definition) is 2. The third kappa shape index (κ3) is 5.35. The van der Waals surface area contributed by atoms with Gasteiger partial charge in [0.05, 0.1) is 0 Å². The molecule has 2 nitrogen and oxygen atoms in total. The largest absolute Gasteiger partial charge is 0.372 e. The third-order valence-corrected chi connectivity index (χ3v) is 4.21. The van der Waals surface area contributed by atoms with Crippen LogP contribution < -0.4 is 10.2 Å². The predicted molar refractivity (Wildman–Crippen MR) is 95.1 cm³/mol. The van der Waals surface area contributed by atoms with E-state index in [1.165, 1.54) is 24.1 Å². The maximum atomic E-state index is 3.68. The molecular formula is C19H34N2. The molecule has 0 saturated heterocycles. The van der Waals surface area contributed by atoms with Gasteiger partial charge in [0, 0.05) is 24.8 Å². The summed E-state index contributed by atoms with van der Waals surface area (Å²) in [6.45, 7) is 12.5. The Hall–Kier alpha value is -1.02. The Bertz CT molecular complexity index is 400. The molecule has 0 amide bonds. The first-order valence-corrected chi connectivity index (χ1v) is 8.56. The summed E-state index contributed by atoms with van der Waals surface area (Å²) in [4.78, 5) is 2.45. The van der Waals surface area contributed by atoms with Crippen molar-refractivity contribution in [3.05, 3.63) is 29.8 Å². The van der Waals surface area contributed by atoms with Gasteiger partial charge >= 0.3 is 0 Å². The molecule has 120 valence electrons. The van der Waals surface area contributed by atoms with Crippen LogP contribution in [0.15, 0.2) is 24.3 Å². The number of anilines is 1. The lowest BCUT2D eigenvalue weighted by molar-refractivity contribution is 0.494. The fraction of sp³-hybridized carbons (Fsp3) is 0.684. The summed E-state index contributed by atoms with van der Waals surface area (Å²) in [6, 6.07) is 9.89. The van der Waals surface area contributed by atoms with E-state index >= 15 is 0 Å². The van der Waals surface area contributed by atoms with Crippen molar-refractivity contribution in [3.8, 4) is 0 Å². The summed E-state index contributed by atoms with van der Waals surface area (Å²) in [6.07, 6.45) is 3.53. The van der Waals surface area contributed by atoms with Gasteiger partial charge in [-0.2, -0.15) is 0 Å². The van der Waals surface area contributed by atoms with Crippen LogP contribution in [0.1, 0.15) is 65.5 Å². The number of nitrogens with zero attached hydrogens (tertiary/aromatic N) is 1. The van der Waals surface area contributed by atoms with Gasteiger partial charge in [-0.15, -0.1) is 0 Å². The summed E-state index contributed by atoms with van der Waals surface area (Å²) >= 11 is 0. The Morgan fingerprint density at radius 1 is 1.10 bits per heavy atom. The highest BCUT2D eigenvalue weighted by molar-refractivity contribution is 5.55. The van der Waals surface area contributed by atoms with Crippen molar-refractivity contribution in [3.63, 3.8) is 0 Å². The summed E-state index contributed by atoms with van der Waals surface area (Å²) in [5.74, 6) is 0.731. The van der Waals surface area contributed by atoms with Gasteiger partial charge in [-0.05, 0) is 50.3 Å². The average Bonchev–Trinajstić information content (AvgIpc) is 2.47. The molecule has 0 aliphatic rings. The standard InChI is InChI=1S/C19H34N2/c1-7-13-20-18(8-2)17-11-9-10-12-19(17)21(6)16(5)14-15(3)4/h9-12,15-16,18,20H,7-8,13-14H2,1-6H3. The van der Waals surface area contributed by atoms with Gasteiger partial charge in [-0.25, -0.2) is 0 Å². The molecular weight excluding hydrogens is 256 g/mol. The topological polar surface area (TPSA) is 15.3 Å². The molecule has 1 rings (SSSR count). The second-order valence-corrected chi connectivity index (χ2v) is 6.56. The highest BCUT2D eigenvalue weighted by atomic mass is 15.1. The Labute approximate surface area is 131 Å². The lowest BCUT2D eigenvalue weighted by Gasteiger charge is -2.32. The first-order valence-electron chi connectivity index (χ1n) is 8.56. The van der Waals surface area contributed by atoms with Gasteiger partial charge in [-0.3, -0.25) is 0 Å². The molecule has 0 spiro atoms. The van der Waals surface area contributed by atoms with Crippen LogP contribution in [0.25, 0.3) is 0 Å². The molecule has 0 bridgehead atoms. The van der Waals surface area contributed by atoms with Crippen molar-refractivity contribution in [2.24, 2.45) is 5.92 Å². The van der Waals surface area contributed by atoms with E-state index in [1.807, 2.05) is 0 Å². The second kappa shape index (κ2) is 9.09. The van der Waals surface area contributed by atoms with Crippen LogP contribution in [-0.2, 0) is 0 Å². The number of para-hydroxylation sites is 1. The number of benzene rings is 1. The molecule has 2 heteroatoms. The van der Waals surface area contributed by atoms with E-state index in [4.69, 9.17) is 0 Å². The van der Waals surface area contributed by atoms with Crippen LogP contribution in [0, 0.1) is 5.92 Å². The fourth-order valence-corrected chi connectivity index (χ4v) is 2.97. The van der Waals surface area contributed by atoms with Crippen molar-refractivity contribution < 1.29 is 0 Å². The van der Waals surface area contributed by atoms with Crippen molar-refractivity contribution in [2.45, 2.75) is 66.0 Å². The molecule has 2 unspecified atom stereocenters. The Morgan fingerprint density at radius 3 is 2.33 bits per heavy atom. The number of rotatable bonds is 9. The van der Waals surface area contributed by atoms with Gasteiger partial charge < -0.3 is 10.2 Å². The summed E-state index contributed by atoms with van der Waals surface area (Å²) < 4.78 is 0. The summed E-state index contributed by atoms with van der Waals surface area (Å²) in [5, 5.41) is 3.68. The van der Waals surface area contributed by atoms with Crippen LogP contribution in [0.4, 0.5) is 5.69 Å². The van der Waals surface area contributed by atoms with Crippen molar-refractivity contribution in [1.29, 1.82) is 0 Å². The summed E-state index contributed by atoms with van der Waals surface area (Å²) in [5.41, 5.74) is 2.81. The quantitative estimate of drug-likeness (QED) is 0.688. The molecule has 0 saturated carbocycles. The zero-order valence-corrected chi connectivity index (χ0v) is 14.8. The Kier molecular flexibility index (Phi) is 7.81. The second-order valence-electron chi connectivity index (χ2n) is 6.56. The van der Waals surface area contributed by atoms with E-state index in [0.29, 0.717) is 12.1 Å². The molecule has 1 N–H and O–H groups in total. The maximum Gasteiger partial charge on any atom is 0.0414 e. The van der Waals surface area contributed by atoms with Crippen LogP contribution in [0.2, 0.25) is 0 Å². The fourth-order valence-electron chi connectivity index (χ4n) is 2.97. The van der Waals surface area contributed by atoms with Crippen LogP contribution >= 0.6 is 0 Å². The summed E-state index contributed by atoms with van der Waals surface area (Å²) in [7, 11) is 2.23. The average molecular weight is 290 g/mol. The van der Waals surface area contributed by atoms with E-state index in [0.717, 1.165) is 18.9 Å². The molecule has 0 fully saturated rings. The lowest BCUT2D eigenvalue weighted by atomic mass is 9.99. The van der Waals surface area contributed by atoms with Crippen molar-refractivity contribution >= 4 is 5.69 Å². The van der Waals surface area contributed by atoms with E-state index in [1.54, 1.807) is 0 Å². The molecule has 0 heterocycles. The maximum absolute atomic E-state index is 3.68. The minimum Gasteiger partial charge on any atom is -0.372 e. The van der Waals surface area contributed by atoms with Crippen molar-refractivity contribution in [2.75, 3.05) is 18.5 Å². The first kappa shape index (κ1) is 18.0. The monoisotopic (exact) mass is 290 g/mol. The molecule has 0 aliphatic carbocycles. The smallest absolute Gasteiger partial charge is 0.0414 e. The third-order valence-electron chi connectivity index (χ3n) is 4.21. The van der Waals surface area contributed by atoms with E-state index in [9.17, 15) is 0 Å². The first-order chi connectivity index (χ1) is 10.0. The molecule has 21 heavy (non-hydrogen) atoms. The minimum absolute atomic E-state index is 0.454. The Balaban J connectivity index is 2.96. The SMILES string of the molecule is CCCNC(CC)c1ccccc1N(C)C(C)CC(C)C.